The summed E-state index contributed by atoms with van der Waals surface area (Å²) >= 11 is 7.94. The molecule has 37 heavy (non-hydrogen) atoms. The molecule has 190 valence electrons. The van der Waals surface area contributed by atoms with Crippen LogP contribution in [0.15, 0.2) is 61.2 Å². The summed E-state index contributed by atoms with van der Waals surface area (Å²) in [4.78, 5) is 20.5. The van der Waals surface area contributed by atoms with Crippen LogP contribution in [-0.2, 0) is 21.2 Å². The van der Waals surface area contributed by atoms with Crippen molar-refractivity contribution < 1.29 is 17.9 Å². The lowest BCUT2D eigenvalue weighted by molar-refractivity contribution is -0.118. The normalized spacial score (nSPS) is 11.6. The first-order valence-electron chi connectivity index (χ1n) is 11.1. The number of carbonyl (C=O) groups excluding carboxylic acids is 1. The molecule has 0 aliphatic rings. The molecule has 1 amide bonds. The van der Waals surface area contributed by atoms with Gasteiger partial charge < -0.3 is 19.9 Å². The molecule has 2 aromatic carbocycles. The van der Waals surface area contributed by atoms with Crippen LogP contribution in [0.3, 0.4) is 0 Å². The first-order valence-corrected chi connectivity index (χ1v) is 14.3. The Hall–Kier alpha value is -3.74. The molecule has 0 spiro atoms. The van der Waals surface area contributed by atoms with Crippen molar-refractivity contribution in [2.75, 3.05) is 23.9 Å². The SMILES string of the molecule is CS(=O)(=O)CC(=O)NCCn1ccc2ncnc(Nc3ccc(Oc4cccc5sncc45)c(Cl)c3)c21. The van der Waals surface area contributed by atoms with Crippen LogP contribution in [0.2, 0.25) is 5.02 Å². The zero-order valence-corrected chi connectivity index (χ0v) is 21.9. The molecule has 0 aliphatic carbocycles. The van der Waals surface area contributed by atoms with Crippen molar-refractivity contribution >= 4 is 71.5 Å². The van der Waals surface area contributed by atoms with Crippen molar-refractivity contribution in [1.82, 2.24) is 24.2 Å². The van der Waals surface area contributed by atoms with E-state index in [1.165, 1.54) is 17.9 Å². The third kappa shape index (κ3) is 5.82. The first kappa shape index (κ1) is 24.9. The van der Waals surface area contributed by atoms with Crippen molar-refractivity contribution in [1.29, 1.82) is 0 Å². The number of anilines is 2. The van der Waals surface area contributed by atoms with Gasteiger partial charge in [-0.1, -0.05) is 17.7 Å². The lowest BCUT2D eigenvalue weighted by atomic mass is 10.2. The highest BCUT2D eigenvalue weighted by atomic mass is 35.5. The van der Waals surface area contributed by atoms with Crippen LogP contribution in [0.4, 0.5) is 11.5 Å². The van der Waals surface area contributed by atoms with E-state index >= 15 is 0 Å². The predicted octanol–water partition coefficient (Wildman–Crippen LogP) is 4.39. The highest BCUT2D eigenvalue weighted by molar-refractivity contribution is 7.91. The first-order chi connectivity index (χ1) is 17.8. The van der Waals surface area contributed by atoms with Crippen molar-refractivity contribution in [3.8, 4) is 11.5 Å². The summed E-state index contributed by atoms with van der Waals surface area (Å²) in [6.45, 7) is 0.647. The average Bonchev–Trinajstić information content (AvgIpc) is 3.48. The minimum Gasteiger partial charge on any atom is -0.455 e. The summed E-state index contributed by atoms with van der Waals surface area (Å²) in [5.41, 5.74) is 2.14. The number of nitrogens with one attached hydrogen (secondary N) is 2. The summed E-state index contributed by atoms with van der Waals surface area (Å²) in [5.74, 6) is 0.642. The zero-order chi connectivity index (χ0) is 26.0. The largest absolute Gasteiger partial charge is 0.455 e. The Bertz CT molecular complexity index is 1720. The Morgan fingerprint density at radius 3 is 2.84 bits per heavy atom. The number of hydrogen-bond acceptors (Lipinski definition) is 9. The summed E-state index contributed by atoms with van der Waals surface area (Å²) in [6.07, 6.45) is 6.08. The number of aromatic nitrogens is 4. The monoisotopic (exact) mass is 556 g/mol. The van der Waals surface area contributed by atoms with Crippen LogP contribution in [0.25, 0.3) is 21.1 Å². The molecule has 0 saturated carbocycles. The van der Waals surface area contributed by atoms with Crippen LogP contribution < -0.4 is 15.4 Å². The van der Waals surface area contributed by atoms with Crippen LogP contribution in [0.5, 0.6) is 11.5 Å². The molecule has 3 aromatic heterocycles. The smallest absolute Gasteiger partial charge is 0.235 e. The van der Waals surface area contributed by atoms with Gasteiger partial charge in [0.15, 0.2) is 15.7 Å². The van der Waals surface area contributed by atoms with E-state index in [0.717, 1.165) is 21.9 Å². The number of fused-ring (bicyclic) bond motifs is 2. The van der Waals surface area contributed by atoms with Gasteiger partial charge in [-0.3, -0.25) is 4.79 Å². The number of amides is 1. The van der Waals surface area contributed by atoms with E-state index in [4.69, 9.17) is 16.3 Å². The van der Waals surface area contributed by atoms with Crippen LogP contribution in [0.1, 0.15) is 0 Å². The molecule has 0 unspecified atom stereocenters. The predicted molar refractivity (Wildman–Crippen MR) is 145 cm³/mol. The molecule has 0 saturated heterocycles. The second-order valence-corrected chi connectivity index (χ2v) is 11.6. The number of carbonyl (C=O) groups is 1. The molecule has 13 heteroatoms. The fraction of sp³-hybridized carbons (Fsp3) is 0.167. The van der Waals surface area contributed by atoms with Gasteiger partial charge in [0.1, 0.15) is 29.1 Å². The van der Waals surface area contributed by atoms with E-state index < -0.39 is 21.5 Å². The molecule has 0 aliphatic heterocycles. The van der Waals surface area contributed by atoms with Crippen molar-refractivity contribution in [3.63, 3.8) is 0 Å². The number of rotatable bonds is 9. The molecule has 5 rings (SSSR count). The lowest BCUT2D eigenvalue weighted by Crippen LogP contribution is -2.32. The van der Waals surface area contributed by atoms with Gasteiger partial charge in [0.2, 0.25) is 5.91 Å². The maximum Gasteiger partial charge on any atom is 0.235 e. The number of ether oxygens (including phenoxy) is 1. The third-order valence-electron chi connectivity index (χ3n) is 5.39. The van der Waals surface area contributed by atoms with Crippen LogP contribution in [0, 0.1) is 0 Å². The molecule has 3 heterocycles. The summed E-state index contributed by atoms with van der Waals surface area (Å²) in [5, 5.41) is 7.23. The van der Waals surface area contributed by atoms with Crippen LogP contribution in [-0.4, -0.2) is 51.8 Å². The topological polar surface area (TPSA) is 128 Å². The van der Waals surface area contributed by atoms with Gasteiger partial charge >= 0.3 is 0 Å². The number of benzene rings is 2. The molecule has 0 bridgehead atoms. The van der Waals surface area contributed by atoms with E-state index in [1.54, 1.807) is 18.3 Å². The second kappa shape index (κ2) is 10.3. The van der Waals surface area contributed by atoms with E-state index in [9.17, 15) is 13.2 Å². The summed E-state index contributed by atoms with van der Waals surface area (Å²) in [6, 6.07) is 13.0. The number of sulfone groups is 1. The van der Waals surface area contributed by atoms with Crippen LogP contribution >= 0.6 is 23.1 Å². The van der Waals surface area contributed by atoms with Crippen molar-refractivity contribution in [2.24, 2.45) is 0 Å². The fourth-order valence-corrected chi connectivity index (χ4v) is 5.25. The molecular formula is C24H21ClN6O4S2. The Labute approximate surface area is 221 Å². The summed E-state index contributed by atoms with van der Waals surface area (Å²) < 4.78 is 35.8. The van der Waals surface area contributed by atoms with Gasteiger partial charge in [0.25, 0.3) is 0 Å². The van der Waals surface area contributed by atoms with Crippen molar-refractivity contribution in [2.45, 2.75) is 6.54 Å². The maximum atomic E-state index is 11.8. The fourth-order valence-electron chi connectivity index (χ4n) is 3.79. The third-order valence-corrected chi connectivity index (χ3v) is 7.24. The molecule has 0 atom stereocenters. The quantitative estimate of drug-likeness (QED) is 0.273. The highest BCUT2D eigenvalue weighted by Gasteiger charge is 2.14. The Morgan fingerprint density at radius 2 is 2.03 bits per heavy atom. The molecule has 10 nitrogen and oxygen atoms in total. The molecule has 2 N–H and O–H groups in total. The Kier molecular flexibility index (Phi) is 6.96. The van der Waals surface area contributed by atoms with E-state index in [1.807, 2.05) is 41.1 Å². The van der Waals surface area contributed by atoms with Gasteiger partial charge in [-0.25, -0.2) is 18.4 Å². The number of nitrogens with zero attached hydrogens (tertiary/aromatic N) is 4. The van der Waals surface area contributed by atoms with E-state index in [-0.39, 0.29) is 6.54 Å². The van der Waals surface area contributed by atoms with Gasteiger partial charge in [0, 0.05) is 31.2 Å². The minimum atomic E-state index is -3.39. The maximum absolute atomic E-state index is 11.8. The second-order valence-electron chi connectivity index (χ2n) is 8.25. The van der Waals surface area contributed by atoms with Crippen molar-refractivity contribution in [3.05, 3.63) is 66.2 Å². The number of hydrogen-bond donors (Lipinski definition) is 2. The van der Waals surface area contributed by atoms with Gasteiger partial charge in [-0.05, 0) is 47.9 Å². The van der Waals surface area contributed by atoms with Gasteiger partial charge in [-0.2, -0.15) is 4.37 Å². The lowest BCUT2D eigenvalue weighted by Gasteiger charge is -2.13. The average molecular weight is 557 g/mol. The minimum absolute atomic E-state index is 0.247. The van der Waals surface area contributed by atoms with Gasteiger partial charge in [0.05, 0.1) is 26.8 Å². The molecule has 0 radical (unpaired) electrons. The Balaban J connectivity index is 1.32. The molecule has 0 fully saturated rings. The molecule has 5 aromatic rings. The summed E-state index contributed by atoms with van der Waals surface area (Å²) in [7, 11) is -3.39. The Morgan fingerprint density at radius 1 is 1.16 bits per heavy atom. The standard InChI is InChI=1S/C24H21ClN6O4S2/c1-37(33,34)13-22(32)26-8-10-31-9-7-18-23(31)24(28-14-27-18)30-15-5-6-20(17(25)11-15)35-19-3-2-4-21-16(19)12-29-36-21/h2-7,9,11-12,14H,8,10,13H2,1H3,(H,26,32)(H,27,28,30). The van der Waals surface area contributed by atoms with Gasteiger partial charge in [-0.15, -0.1) is 0 Å². The molecular weight excluding hydrogens is 536 g/mol. The zero-order valence-electron chi connectivity index (χ0n) is 19.5. The number of halogens is 1. The van der Waals surface area contributed by atoms with E-state index in [0.29, 0.717) is 40.1 Å². The highest BCUT2D eigenvalue weighted by Crippen LogP contribution is 2.36. The van der Waals surface area contributed by atoms with E-state index in [2.05, 4.69) is 25.0 Å².